The minimum absolute atomic E-state index is 0.0519. The van der Waals surface area contributed by atoms with Crippen molar-refractivity contribution in [2.24, 2.45) is 5.92 Å². The molecule has 0 radical (unpaired) electrons. The predicted molar refractivity (Wildman–Crippen MR) is 99.3 cm³/mol. The third-order valence-electron chi connectivity index (χ3n) is 4.92. The van der Waals surface area contributed by atoms with E-state index in [1.807, 2.05) is 4.98 Å². The van der Waals surface area contributed by atoms with E-state index in [9.17, 15) is 18.4 Å². The van der Waals surface area contributed by atoms with Crippen molar-refractivity contribution in [3.05, 3.63) is 56.8 Å². The summed E-state index contributed by atoms with van der Waals surface area (Å²) in [7, 11) is 0. The number of ether oxygens (including phenoxy) is 1. The summed E-state index contributed by atoms with van der Waals surface area (Å²) in [4.78, 5) is 27.3. The Hall–Kier alpha value is -2.91. The molecule has 0 unspecified atom stereocenters. The Morgan fingerprint density at radius 1 is 1.21 bits per heavy atom. The number of aromatic amines is 2. The van der Waals surface area contributed by atoms with Gasteiger partial charge in [0.05, 0.1) is 11.3 Å². The van der Waals surface area contributed by atoms with Crippen molar-refractivity contribution in [2.45, 2.75) is 44.2 Å². The van der Waals surface area contributed by atoms with Crippen molar-refractivity contribution >= 4 is 5.71 Å². The fourth-order valence-electron chi connectivity index (χ4n) is 3.36. The average Bonchev–Trinajstić information content (AvgIpc) is 3.20. The van der Waals surface area contributed by atoms with Gasteiger partial charge in [-0.1, -0.05) is 19.3 Å². The van der Waals surface area contributed by atoms with Gasteiger partial charge in [-0.2, -0.15) is 0 Å². The summed E-state index contributed by atoms with van der Waals surface area (Å²) in [6.45, 7) is -0.807. The molecule has 0 amide bonds. The maximum absolute atomic E-state index is 14.6. The fourth-order valence-corrected chi connectivity index (χ4v) is 3.36. The molecule has 1 aromatic heterocycles. The van der Waals surface area contributed by atoms with Gasteiger partial charge in [0.25, 0.3) is 11.5 Å². The SMILES string of the molecule is N=C(/C=C(/OCC(F)(F)C1CCCCC1)C1NC=CN1)c1c[nH]c(=O)[nH]c1=O. The molecule has 10 heteroatoms. The van der Waals surface area contributed by atoms with Gasteiger partial charge in [-0.15, -0.1) is 0 Å². The zero-order valence-electron chi connectivity index (χ0n) is 15.2. The first kappa shape index (κ1) is 19.8. The van der Waals surface area contributed by atoms with Gasteiger partial charge in [-0.3, -0.25) is 15.2 Å². The molecule has 1 fully saturated rings. The van der Waals surface area contributed by atoms with Crippen LogP contribution in [0.4, 0.5) is 8.78 Å². The van der Waals surface area contributed by atoms with E-state index in [1.165, 1.54) is 6.08 Å². The van der Waals surface area contributed by atoms with E-state index in [4.69, 9.17) is 10.1 Å². The second kappa shape index (κ2) is 8.41. The van der Waals surface area contributed by atoms with E-state index in [2.05, 4.69) is 15.6 Å². The first-order valence-electron chi connectivity index (χ1n) is 9.17. The molecule has 0 spiro atoms. The van der Waals surface area contributed by atoms with E-state index in [1.54, 1.807) is 12.4 Å². The number of alkyl halides is 2. The lowest BCUT2D eigenvalue weighted by atomic mass is 9.85. The van der Waals surface area contributed by atoms with Crippen molar-refractivity contribution in [3.63, 3.8) is 0 Å². The zero-order chi connectivity index (χ0) is 20.1. The lowest BCUT2D eigenvalue weighted by Gasteiger charge is -2.30. The maximum Gasteiger partial charge on any atom is 0.325 e. The Balaban J connectivity index is 1.77. The number of H-pyrrole nitrogens is 2. The number of nitrogens with one attached hydrogen (secondary N) is 5. The first-order valence-corrected chi connectivity index (χ1v) is 9.17. The van der Waals surface area contributed by atoms with Crippen LogP contribution in [0.25, 0.3) is 0 Å². The fraction of sp³-hybridized carbons (Fsp3) is 0.500. The van der Waals surface area contributed by atoms with Crippen LogP contribution in [-0.2, 0) is 4.74 Å². The molecule has 0 bridgehead atoms. The van der Waals surface area contributed by atoms with Gasteiger partial charge < -0.3 is 20.4 Å². The van der Waals surface area contributed by atoms with Gasteiger partial charge in [0, 0.05) is 30.6 Å². The van der Waals surface area contributed by atoms with Crippen LogP contribution >= 0.6 is 0 Å². The zero-order valence-corrected chi connectivity index (χ0v) is 15.2. The highest BCUT2D eigenvalue weighted by molar-refractivity contribution is 6.06. The van der Waals surface area contributed by atoms with Crippen LogP contribution in [0.3, 0.4) is 0 Å². The molecule has 0 saturated heterocycles. The molecule has 1 aliphatic heterocycles. The number of rotatable bonds is 7. The Bertz CT molecular complexity index is 876. The minimum Gasteiger partial charge on any atom is -0.487 e. The Morgan fingerprint density at radius 3 is 2.54 bits per heavy atom. The van der Waals surface area contributed by atoms with Gasteiger partial charge >= 0.3 is 5.69 Å². The second-order valence-electron chi connectivity index (χ2n) is 6.93. The van der Waals surface area contributed by atoms with Crippen LogP contribution in [-0.4, -0.2) is 34.4 Å². The normalized spacial score (nSPS) is 18.6. The van der Waals surface area contributed by atoms with Crippen LogP contribution in [0, 0.1) is 11.3 Å². The molecule has 1 saturated carbocycles. The second-order valence-corrected chi connectivity index (χ2v) is 6.93. The van der Waals surface area contributed by atoms with Gasteiger partial charge in [-0.25, -0.2) is 13.6 Å². The third-order valence-corrected chi connectivity index (χ3v) is 4.92. The number of hydrogen-bond donors (Lipinski definition) is 5. The van der Waals surface area contributed by atoms with Crippen LogP contribution in [0.1, 0.15) is 37.7 Å². The van der Waals surface area contributed by atoms with Crippen molar-refractivity contribution < 1.29 is 13.5 Å². The Morgan fingerprint density at radius 2 is 1.89 bits per heavy atom. The largest absolute Gasteiger partial charge is 0.487 e. The highest BCUT2D eigenvalue weighted by atomic mass is 19.3. The van der Waals surface area contributed by atoms with Crippen LogP contribution in [0.2, 0.25) is 0 Å². The van der Waals surface area contributed by atoms with E-state index < -0.39 is 35.9 Å². The van der Waals surface area contributed by atoms with Gasteiger partial charge in [-0.05, 0) is 12.8 Å². The predicted octanol–water partition coefficient (Wildman–Crippen LogP) is 1.54. The smallest absolute Gasteiger partial charge is 0.325 e. The molecule has 1 aromatic rings. The Kier molecular flexibility index (Phi) is 5.96. The van der Waals surface area contributed by atoms with E-state index in [0.29, 0.717) is 12.8 Å². The molecule has 8 nitrogen and oxygen atoms in total. The molecule has 152 valence electrons. The highest BCUT2D eigenvalue weighted by Gasteiger charge is 2.41. The summed E-state index contributed by atoms with van der Waals surface area (Å²) in [5.41, 5.74) is -1.82. The van der Waals surface area contributed by atoms with Crippen LogP contribution in [0.5, 0.6) is 0 Å². The molecule has 3 rings (SSSR count). The molecule has 2 heterocycles. The van der Waals surface area contributed by atoms with Crippen molar-refractivity contribution in [2.75, 3.05) is 6.61 Å². The minimum atomic E-state index is -2.98. The number of halogens is 2. The summed E-state index contributed by atoms with van der Waals surface area (Å²) in [6.07, 6.45) is 8.32. The summed E-state index contributed by atoms with van der Waals surface area (Å²) in [6, 6.07) is 0. The van der Waals surface area contributed by atoms with Crippen LogP contribution < -0.4 is 21.9 Å². The van der Waals surface area contributed by atoms with E-state index >= 15 is 0 Å². The monoisotopic (exact) mass is 395 g/mol. The molecular weight excluding hydrogens is 372 g/mol. The van der Waals surface area contributed by atoms with Gasteiger partial charge in [0.15, 0.2) is 12.8 Å². The third kappa shape index (κ3) is 4.68. The topological polar surface area (TPSA) is 123 Å². The standard InChI is InChI=1S/C18H23F2N5O3/c19-18(20,11-4-2-1-3-5-11)10-28-14(15-22-6-7-23-15)8-13(21)12-9-24-17(27)25-16(12)26/h6-9,11,15,21-23H,1-5,10H2,(H2,24,25,26,27)/b14-8+,21-13?. The summed E-state index contributed by atoms with van der Waals surface area (Å²) in [5, 5.41) is 13.9. The van der Waals surface area contributed by atoms with Crippen molar-refractivity contribution in [1.82, 2.24) is 20.6 Å². The quantitative estimate of drug-likeness (QED) is 0.354. The van der Waals surface area contributed by atoms with Crippen molar-refractivity contribution in [3.8, 4) is 0 Å². The van der Waals surface area contributed by atoms with E-state index in [0.717, 1.165) is 25.5 Å². The molecular formula is C18H23F2N5O3. The van der Waals surface area contributed by atoms with Gasteiger partial charge in [0.2, 0.25) is 0 Å². The highest BCUT2D eigenvalue weighted by Crippen LogP contribution is 2.37. The number of aromatic nitrogens is 2. The molecule has 0 aromatic carbocycles. The average molecular weight is 395 g/mol. The lowest BCUT2D eigenvalue weighted by Crippen LogP contribution is -2.39. The summed E-state index contributed by atoms with van der Waals surface area (Å²) >= 11 is 0. The summed E-state index contributed by atoms with van der Waals surface area (Å²) < 4.78 is 34.6. The molecule has 1 aliphatic carbocycles. The number of allylic oxidation sites excluding steroid dienone is 1. The molecule has 5 N–H and O–H groups in total. The molecule has 0 atom stereocenters. The Labute approximate surface area is 159 Å². The number of hydrogen-bond acceptors (Lipinski definition) is 6. The van der Waals surface area contributed by atoms with E-state index in [-0.39, 0.29) is 17.0 Å². The van der Waals surface area contributed by atoms with Gasteiger partial charge in [0.1, 0.15) is 5.76 Å². The molecule has 2 aliphatic rings. The lowest BCUT2D eigenvalue weighted by molar-refractivity contribution is -0.115. The molecule has 28 heavy (non-hydrogen) atoms. The maximum atomic E-state index is 14.6. The van der Waals surface area contributed by atoms with Crippen molar-refractivity contribution in [1.29, 1.82) is 5.41 Å². The first-order chi connectivity index (χ1) is 13.4. The van der Waals surface area contributed by atoms with Crippen LogP contribution in [0.15, 0.2) is 40.0 Å². The summed E-state index contributed by atoms with van der Waals surface area (Å²) in [5.74, 6) is -3.65.